The Balaban J connectivity index is 1.60. The number of ether oxygens (including phenoxy) is 1. The molecule has 0 saturated carbocycles. The molecular formula is C24H24FN3O5S. The molecule has 0 spiro atoms. The van der Waals surface area contributed by atoms with Crippen LogP contribution in [0.2, 0.25) is 0 Å². The number of pyridine rings is 1. The second-order valence-corrected chi connectivity index (χ2v) is 10.2. The summed E-state index contributed by atoms with van der Waals surface area (Å²) in [5, 5.41) is 9.03. The zero-order valence-electron chi connectivity index (χ0n) is 18.4. The predicted molar refractivity (Wildman–Crippen MR) is 122 cm³/mol. The van der Waals surface area contributed by atoms with Gasteiger partial charge in [0.15, 0.2) is 5.60 Å². The molecule has 1 fully saturated rings. The summed E-state index contributed by atoms with van der Waals surface area (Å²) in [5.74, 6) is -1.10. The van der Waals surface area contributed by atoms with Crippen molar-refractivity contribution in [1.82, 2.24) is 9.29 Å². The van der Waals surface area contributed by atoms with Crippen LogP contribution >= 0.6 is 0 Å². The highest BCUT2D eigenvalue weighted by atomic mass is 32.2. The number of carbonyl (C=O) groups is 1. The molecular weight excluding hydrogens is 461 g/mol. The van der Waals surface area contributed by atoms with Gasteiger partial charge >= 0.3 is 5.97 Å². The molecule has 1 aliphatic heterocycles. The summed E-state index contributed by atoms with van der Waals surface area (Å²) in [7, 11) is -3.89. The molecule has 0 bridgehead atoms. The third kappa shape index (κ3) is 4.79. The smallest absolute Gasteiger partial charge is 0.320 e. The van der Waals surface area contributed by atoms with Crippen LogP contribution in [-0.2, 0) is 26.8 Å². The number of sulfonamides is 1. The summed E-state index contributed by atoms with van der Waals surface area (Å²) < 4.78 is 47.6. The average Bonchev–Trinajstić information content (AvgIpc) is 2.78. The molecule has 4 rings (SSSR count). The zero-order chi connectivity index (χ0) is 24.5. The second kappa shape index (κ2) is 9.13. The molecule has 178 valence electrons. The number of carboxylic acids is 1. The van der Waals surface area contributed by atoms with E-state index in [1.54, 1.807) is 42.6 Å². The highest BCUT2D eigenvalue weighted by Crippen LogP contribution is 2.40. The minimum Gasteiger partial charge on any atom is -0.480 e. The van der Waals surface area contributed by atoms with Crippen molar-refractivity contribution in [2.75, 3.05) is 13.1 Å². The predicted octanol–water partition coefficient (Wildman–Crippen LogP) is 2.46. The lowest BCUT2D eigenvalue weighted by Crippen LogP contribution is -2.64. The number of benzene rings is 2. The van der Waals surface area contributed by atoms with Gasteiger partial charge in [-0.15, -0.1) is 0 Å². The van der Waals surface area contributed by atoms with Crippen LogP contribution in [-0.4, -0.2) is 47.9 Å². The number of carboxylic acid groups (broad SMARTS) is 1. The fourth-order valence-corrected chi connectivity index (χ4v) is 5.42. The van der Waals surface area contributed by atoms with E-state index in [1.165, 1.54) is 28.6 Å². The van der Waals surface area contributed by atoms with Crippen LogP contribution in [0.5, 0.6) is 5.75 Å². The lowest BCUT2D eigenvalue weighted by atomic mass is 9.87. The molecule has 2 aromatic carbocycles. The molecule has 2 heterocycles. The van der Waals surface area contributed by atoms with Crippen molar-refractivity contribution in [1.29, 1.82) is 0 Å². The summed E-state index contributed by atoms with van der Waals surface area (Å²) in [6.45, 7) is 1.86. The number of nitrogens with zero attached hydrogens (tertiary/aromatic N) is 2. The van der Waals surface area contributed by atoms with E-state index >= 15 is 0 Å². The largest absolute Gasteiger partial charge is 0.480 e. The Labute approximate surface area is 196 Å². The van der Waals surface area contributed by atoms with Crippen molar-refractivity contribution in [2.45, 2.75) is 29.9 Å². The van der Waals surface area contributed by atoms with Crippen LogP contribution in [0.15, 0.2) is 71.8 Å². The van der Waals surface area contributed by atoms with E-state index in [4.69, 9.17) is 15.6 Å². The number of halogens is 1. The molecule has 1 aromatic heterocycles. The van der Waals surface area contributed by atoms with E-state index in [-0.39, 0.29) is 24.4 Å². The zero-order valence-corrected chi connectivity index (χ0v) is 19.2. The first-order chi connectivity index (χ1) is 16.1. The fourth-order valence-electron chi connectivity index (χ4n) is 3.82. The Kier molecular flexibility index (Phi) is 6.39. The van der Waals surface area contributed by atoms with Gasteiger partial charge in [-0.1, -0.05) is 24.3 Å². The van der Waals surface area contributed by atoms with E-state index in [2.05, 4.69) is 4.98 Å². The maximum absolute atomic E-state index is 13.5. The van der Waals surface area contributed by atoms with Crippen molar-refractivity contribution in [3.05, 3.63) is 89.5 Å². The number of hydrogen-bond acceptors (Lipinski definition) is 6. The number of rotatable bonds is 8. The van der Waals surface area contributed by atoms with Gasteiger partial charge in [-0.25, -0.2) is 12.8 Å². The van der Waals surface area contributed by atoms with Gasteiger partial charge in [0, 0.05) is 5.69 Å². The van der Waals surface area contributed by atoms with Crippen molar-refractivity contribution < 1.29 is 27.4 Å². The van der Waals surface area contributed by atoms with Crippen molar-refractivity contribution in [2.24, 2.45) is 5.73 Å². The van der Waals surface area contributed by atoms with Crippen LogP contribution in [0.4, 0.5) is 4.39 Å². The standard InChI is InChI=1S/C24H24FN3O5S/c1-16-5-10-20(13-27-16)33-24(18-6-8-19(25)9-7-18)14-28(15-24)34(31,32)21-4-2-3-17(11-21)12-22(26)23(29)30/h2-11,13,22H,12,14-15,26H2,1H3,(H,29,30)/t22-/m0/s1. The van der Waals surface area contributed by atoms with Crippen molar-refractivity contribution in [3.63, 3.8) is 0 Å². The van der Waals surface area contributed by atoms with E-state index in [0.29, 0.717) is 16.9 Å². The van der Waals surface area contributed by atoms with Gasteiger partial charge < -0.3 is 15.6 Å². The van der Waals surface area contributed by atoms with Gasteiger partial charge in [-0.3, -0.25) is 9.78 Å². The highest BCUT2D eigenvalue weighted by molar-refractivity contribution is 7.89. The van der Waals surface area contributed by atoms with Crippen LogP contribution in [0.3, 0.4) is 0 Å². The summed E-state index contributed by atoms with van der Waals surface area (Å²) >= 11 is 0. The van der Waals surface area contributed by atoms with Gasteiger partial charge in [-0.05, 0) is 60.9 Å². The molecule has 0 unspecified atom stereocenters. The van der Waals surface area contributed by atoms with Gasteiger partial charge in [0.2, 0.25) is 10.0 Å². The van der Waals surface area contributed by atoms with Gasteiger partial charge in [0.05, 0.1) is 24.2 Å². The van der Waals surface area contributed by atoms with Gasteiger partial charge in [0.1, 0.15) is 17.6 Å². The van der Waals surface area contributed by atoms with Crippen LogP contribution < -0.4 is 10.5 Å². The minimum absolute atomic E-state index is 0.00173. The monoisotopic (exact) mass is 485 g/mol. The summed E-state index contributed by atoms with van der Waals surface area (Å²) in [5.41, 5.74) is 6.53. The molecule has 34 heavy (non-hydrogen) atoms. The van der Waals surface area contributed by atoms with Crippen LogP contribution in [0.1, 0.15) is 16.8 Å². The number of nitrogens with two attached hydrogens (primary N) is 1. The molecule has 0 amide bonds. The lowest BCUT2D eigenvalue weighted by Gasteiger charge is -2.48. The second-order valence-electron chi connectivity index (χ2n) is 8.31. The molecule has 0 radical (unpaired) electrons. The van der Waals surface area contributed by atoms with E-state index in [9.17, 15) is 17.6 Å². The van der Waals surface area contributed by atoms with Gasteiger partial charge in [-0.2, -0.15) is 4.31 Å². The molecule has 3 aromatic rings. The average molecular weight is 486 g/mol. The van der Waals surface area contributed by atoms with Crippen molar-refractivity contribution in [3.8, 4) is 5.75 Å². The first-order valence-corrected chi connectivity index (χ1v) is 12.0. The lowest BCUT2D eigenvalue weighted by molar-refractivity contribution is -0.138. The fraction of sp³-hybridized carbons (Fsp3) is 0.250. The minimum atomic E-state index is -3.89. The first-order valence-electron chi connectivity index (χ1n) is 10.5. The third-order valence-electron chi connectivity index (χ3n) is 5.74. The highest BCUT2D eigenvalue weighted by Gasteiger charge is 2.52. The van der Waals surface area contributed by atoms with E-state index < -0.39 is 33.5 Å². The Bertz CT molecular complexity index is 1290. The summed E-state index contributed by atoms with van der Waals surface area (Å²) in [6.07, 6.45) is 1.56. The topological polar surface area (TPSA) is 123 Å². The number of hydrogen-bond donors (Lipinski definition) is 2. The SMILES string of the molecule is Cc1ccc(OC2(c3ccc(F)cc3)CN(S(=O)(=O)c3cccc(C[C@H](N)C(=O)O)c3)C2)cn1. The quantitative estimate of drug-likeness (QED) is 0.502. The number of aromatic nitrogens is 1. The van der Waals surface area contributed by atoms with E-state index in [0.717, 1.165) is 5.69 Å². The first kappa shape index (κ1) is 23.8. The van der Waals surface area contributed by atoms with E-state index in [1.807, 2.05) is 6.92 Å². The Morgan fingerprint density at radius 3 is 2.53 bits per heavy atom. The molecule has 1 aliphatic rings. The Morgan fingerprint density at radius 1 is 1.21 bits per heavy atom. The normalized spacial score (nSPS) is 16.4. The molecule has 3 N–H and O–H groups in total. The summed E-state index contributed by atoms with van der Waals surface area (Å²) in [6, 6.07) is 14.2. The number of aliphatic carboxylic acids is 1. The maximum Gasteiger partial charge on any atom is 0.320 e. The maximum atomic E-state index is 13.5. The summed E-state index contributed by atoms with van der Waals surface area (Å²) in [4.78, 5) is 15.3. The molecule has 1 atom stereocenters. The molecule has 0 aliphatic carbocycles. The number of aryl methyl sites for hydroxylation is 1. The third-order valence-corrected chi connectivity index (χ3v) is 7.53. The van der Waals surface area contributed by atoms with Crippen molar-refractivity contribution >= 4 is 16.0 Å². The Morgan fingerprint density at radius 2 is 1.91 bits per heavy atom. The molecule has 1 saturated heterocycles. The van der Waals surface area contributed by atoms with Gasteiger partial charge in [0.25, 0.3) is 0 Å². The molecule has 8 nitrogen and oxygen atoms in total. The molecule has 10 heteroatoms. The van der Waals surface area contributed by atoms with Crippen LogP contribution in [0.25, 0.3) is 0 Å². The van der Waals surface area contributed by atoms with Crippen LogP contribution in [0, 0.1) is 12.7 Å². The Hall–Kier alpha value is -3.34.